The predicted octanol–water partition coefficient (Wildman–Crippen LogP) is 3.64. The van der Waals surface area contributed by atoms with Crippen LogP contribution in [0.2, 0.25) is 0 Å². The molecule has 0 radical (unpaired) electrons. The molecule has 0 saturated carbocycles. The predicted molar refractivity (Wildman–Crippen MR) is 72.6 cm³/mol. The summed E-state index contributed by atoms with van der Waals surface area (Å²) in [7, 11) is 0. The van der Waals surface area contributed by atoms with E-state index in [0.29, 0.717) is 5.56 Å². The zero-order valence-electron chi connectivity index (χ0n) is 11.1. The molecule has 0 saturated heterocycles. The molecular formula is C16H16F2O2. The summed E-state index contributed by atoms with van der Waals surface area (Å²) in [4.78, 5) is 0. The van der Waals surface area contributed by atoms with Gasteiger partial charge in [-0.1, -0.05) is 37.3 Å². The number of hydrogen-bond acceptors (Lipinski definition) is 2. The zero-order chi connectivity index (χ0) is 14.5. The number of benzene rings is 2. The molecule has 1 N–H and O–H groups in total. The van der Waals surface area contributed by atoms with Crippen molar-refractivity contribution in [2.75, 3.05) is 6.61 Å². The Hall–Kier alpha value is -1.94. The lowest BCUT2D eigenvalue weighted by molar-refractivity contribution is 0.105. The minimum Gasteiger partial charge on any atom is -0.487 e. The second-order valence-corrected chi connectivity index (χ2v) is 4.47. The first-order chi connectivity index (χ1) is 9.61. The minimum atomic E-state index is -1.04. The molecule has 4 heteroatoms. The topological polar surface area (TPSA) is 29.5 Å². The quantitative estimate of drug-likeness (QED) is 0.904. The summed E-state index contributed by atoms with van der Waals surface area (Å²) < 4.78 is 31.5. The van der Waals surface area contributed by atoms with Crippen LogP contribution in [-0.4, -0.2) is 11.7 Å². The van der Waals surface area contributed by atoms with Crippen molar-refractivity contribution in [3.05, 3.63) is 65.2 Å². The summed E-state index contributed by atoms with van der Waals surface area (Å²) in [5, 5.41) is 9.96. The number of hydrogen-bond donors (Lipinski definition) is 1. The van der Waals surface area contributed by atoms with E-state index in [0.717, 1.165) is 18.1 Å². The first-order valence-electron chi connectivity index (χ1n) is 6.45. The second kappa shape index (κ2) is 6.48. The molecule has 0 aliphatic heterocycles. The first kappa shape index (κ1) is 14.5. The fourth-order valence-corrected chi connectivity index (χ4v) is 1.84. The van der Waals surface area contributed by atoms with Gasteiger partial charge in [-0.2, -0.15) is 4.39 Å². The summed E-state index contributed by atoms with van der Waals surface area (Å²) in [6.45, 7) is 1.91. The Morgan fingerprint density at radius 1 is 1.10 bits per heavy atom. The summed E-state index contributed by atoms with van der Waals surface area (Å²) in [6.07, 6.45) is 0.0325. The molecule has 0 amide bonds. The third-order valence-electron chi connectivity index (χ3n) is 3.09. The van der Waals surface area contributed by atoms with Crippen molar-refractivity contribution in [1.82, 2.24) is 0 Å². The molecule has 2 rings (SSSR count). The normalized spacial score (nSPS) is 12.2. The average molecular weight is 278 g/mol. The van der Waals surface area contributed by atoms with Gasteiger partial charge in [-0.15, -0.1) is 0 Å². The second-order valence-electron chi connectivity index (χ2n) is 4.47. The molecule has 2 aromatic carbocycles. The molecule has 1 unspecified atom stereocenters. The molecule has 0 aliphatic carbocycles. The molecule has 0 fully saturated rings. The van der Waals surface area contributed by atoms with Crippen LogP contribution in [0.15, 0.2) is 42.5 Å². The van der Waals surface area contributed by atoms with Crippen molar-refractivity contribution in [2.45, 2.75) is 19.4 Å². The van der Waals surface area contributed by atoms with Crippen LogP contribution in [0.5, 0.6) is 5.75 Å². The Labute approximate surface area is 116 Å². The standard InChI is InChI=1S/C16H16F2O2/c1-2-11-6-8-12(9-7-11)14(19)10-20-15-5-3-4-13(17)16(15)18/h3-9,14,19H,2,10H2,1H3. The maximum Gasteiger partial charge on any atom is 0.200 e. The summed E-state index contributed by atoms with van der Waals surface area (Å²) >= 11 is 0. The number of halogens is 2. The lowest BCUT2D eigenvalue weighted by Gasteiger charge is -2.13. The monoisotopic (exact) mass is 278 g/mol. The molecular weight excluding hydrogens is 262 g/mol. The van der Waals surface area contributed by atoms with Crippen LogP contribution in [0, 0.1) is 11.6 Å². The van der Waals surface area contributed by atoms with Gasteiger partial charge in [0.05, 0.1) is 0 Å². The van der Waals surface area contributed by atoms with Crippen LogP contribution < -0.4 is 4.74 Å². The maximum absolute atomic E-state index is 13.4. The molecule has 1 atom stereocenters. The molecule has 0 heterocycles. The number of aliphatic hydroxyl groups excluding tert-OH is 1. The van der Waals surface area contributed by atoms with Crippen LogP contribution in [0.3, 0.4) is 0 Å². The van der Waals surface area contributed by atoms with Crippen molar-refractivity contribution < 1.29 is 18.6 Å². The fourth-order valence-electron chi connectivity index (χ4n) is 1.84. The van der Waals surface area contributed by atoms with E-state index >= 15 is 0 Å². The Kier molecular flexibility index (Phi) is 4.69. The van der Waals surface area contributed by atoms with Crippen molar-refractivity contribution in [3.63, 3.8) is 0 Å². The van der Waals surface area contributed by atoms with E-state index in [2.05, 4.69) is 0 Å². The smallest absolute Gasteiger partial charge is 0.200 e. The number of ether oxygens (including phenoxy) is 1. The Balaban J connectivity index is 2.00. The lowest BCUT2D eigenvalue weighted by Crippen LogP contribution is -2.10. The van der Waals surface area contributed by atoms with Gasteiger partial charge in [-0.05, 0) is 29.7 Å². The van der Waals surface area contributed by atoms with E-state index in [1.807, 2.05) is 19.1 Å². The number of rotatable bonds is 5. The summed E-state index contributed by atoms with van der Waals surface area (Å²) in [5.41, 5.74) is 1.84. The van der Waals surface area contributed by atoms with Gasteiger partial charge in [0, 0.05) is 0 Å². The molecule has 2 nitrogen and oxygen atoms in total. The molecule has 2 aromatic rings. The molecule has 0 aromatic heterocycles. The van der Waals surface area contributed by atoms with Crippen molar-refractivity contribution in [2.24, 2.45) is 0 Å². The molecule has 0 bridgehead atoms. The third-order valence-corrected chi connectivity index (χ3v) is 3.09. The van der Waals surface area contributed by atoms with E-state index < -0.39 is 17.7 Å². The summed E-state index contributed by atoms with van der Waals surface area (Å²) in [5.74, 6) is -2.21. The van der Waals surface area contributed by atoms with Gasteiger partial charge in [0.15, 0.2) is 11.6 Å². The van der Waals surface area contributed by atoms with Gasteiger partial charge < -0.3 is 9.84 Å². The third kappa shape index (κ3) is 3.33. The van der Waals surface area contributed by atoms with Crippen LogP contribution in [-0.2, 0) is 6.42 Å². The molecule has 0 spiro atoms. The van der Waals surface area contributed by atoms with E-state index in [1.165, 1.54) is 12.1 Å². The van der Waals surface area contributed by atoms with Gasteiger partial charge in [0.2, 0.25) is 5.82 Å². The fraction of sp³-hybridized carbons (Fsp3) is 0.250. The first-order valence-corrected chi connectivity index (χ1v) is 6.45. The van der Waals surface area contributed by atoms with Gasteiger partial charge in [-0.3, -0.25) is 0 Å². The van der Waals surface area contributed by atoms with Crippen LogP contribution in [0.25, 0.3) is 0 Å². The van der Waals surface area contributed by atoms with Crippen LogP contribution >= 0.6 is 0 Å². The number of aliphatic hydroxyl groups is 1. The largest absolute Gasteiger partial charge is 0.487 e. The highest BCUT2D eigenvalue weighted by atomic mass is 19.2. The minimum absolute atomic E-state index is 0.133. The van der Waals surface area contributed by atoms with E-state index in [-0.39, 0.29) is 12.4 Å². The van der Waals surface area contributed by atoms with Gasteiger partial charge in [0.25, 0.3) is 0 Å². The van der Waals surface area contributed by atoms with Crippen LogP contribution in [0.4, 0.5) is 8.78 Å². The Morgan fingerprint density at radius 2 is 1.80 bits per heavy atom. The van der Waals surface area contributed by atoms with Crippen LogP contribution in [0.1, 0.15) is 24.2 Å². The number of aryl methyl sites for hydroxylation is 1. The molecule has 0 aliphatic rings. The zero-order valence-corrected chi connectivity index (χ0v) is 11.1. The van der Waals surface area contributed by atoms with E-state index in [4.69, 9.17) is 4.74 Å². The molecule has 106 valence electrons. The lowest BCUT2D eigenvalue weighted by atomic mass is 10.1. The molecule has 20 heavy (non-hydrogen) atoms. The SMILES string of the molecule is CCc1ccc(C(O)COc2cccc(F)c2F)cc1. The van der Waals surface area contributed by atoms with Crippen molar-refractivity contribution in [3.8, 4) is 5.75 Å². The van der Waals surface area contributed by atoms with Gasteiger partial charge in [0.1, 0.15) is 12.7 Å². The Morgan fingerprint density at radius 3 is 2.45 bits per heavy atom. The van der Waals surface area contributed by atoms with E-state index in [9.17, 15) is 13.9 Å². The average Bonchev–Trinajstić information content (AvgIpc) is 2.48. The highest BCUT2D eigenvalue weighted by molar-refractivity contribution is 5.26. The summed E-state index contributed by atoms with van der Waals surface area (Å²) in [6, 6.07) is 11.1. The van der Waals surface area contributed by atoms with Crippen molar-refractivity contribution >= 4 is 0 Å². The van der Waals surface area contributed by atoms with Gasteiger partial charge in [-0.25, -0.2) is 4.39 Å². The van der Waals surface area contributed by atoms with Gasteiger partial charge >= 0.3 is 0 Å². The highest BCUT2D eigenvalue weighted by Crippen LogP contribution is 2.21. The van der Waals surface area contributed by atoms with E-state index in [1.54, 1.807) is 12.1 Å². The van der Waals surface area contributed by atoms with Crippen molar-refractivity contribution in [1.29, 1.82) is 0 Å². The highest BCUT2D eigenvalue weighted by Gasteiger charge is 2.12. The maximum atomic E-state index is 13.4. The Bertz CT molecular complexity index is 567.